The second-order valence-electron chi connectivity index (χ2n) is 9.96. The molecule has 9 heteroatoms. The largest absolute Gasteiger partial charge is 0.375 e. The first kappa shape index (κ1) is 30.2. The molecule has 5 nitrogen and oxygen atoms in total. The van der Waals surface area contributed by atoms with E-state index >= 15 is 0 Å². The van der Waals surface area contributed by atoms with E-state index in [0.29, 0.717) is 24.3 Å². The fourth-order valence-corrected chi connectivity index (χ4v) is 7.42. The lowest BCUT2D eigenvalue weighted by molar-refractivity contribution is 0.136. The van der Waals surface area contributed by atoms with Gasteiger partial charge in [-0.3, -0.25) is 4.18 Å². The third-order valence-corrected chi connectivity index (χ3v) is 8.59. The fourth-order valence-electron chi connectivity index (χ4n) is 4.67. The van der Waals surface area contributed by atoms with Crippen molar-refractivity contribution in [2.24, 2.45) is 0 Å². The molecule has 39 heavy (non-hydrogen) atoms. The van der Waals surface area contributed by atoms with E-state index in [1.807, 2.05) is 60.7 Å². The number of anilines is 1. The van der Waals surface area contributed by atoms with Gasteiger partial charge in [-0.15, -0.1) is 0 Å². The molecule has 0 bridgehead atoms. The second kappa shape index (κ2) is 13.3. The van der Waals surface area contributed by atoms with Gasteiger partial charge >= 0.3 is 0 Å². The predicted octanol–water partition coefficient (Wildman–Crippen LogP) is 8.71. The summed E-state index contributed by atoms with van der Waals surface area (Å²) in [5.41, 5.74) is 5.63. The molecule has 3 unspecified atom stereocenters. The molecule has 206 valence electrons. The van der Waals surface area contributed by atoms with E-state index in [1.54, 1.807) is 0 Å². The first-order valence-electron chi connectivity index (χ1n) is 12.6. The lowest BCUT2D eigenvalue weighted by Gasteiger charge is -2.27. The average Bonchev–Trinajstić information content (AvgIpc) is 2.89. The highest BCUT2D eigenvalue weighted by Crippen LogP contribution is 2.38. The average molecular weight is 696 g/mol. The van der Waals surface area contributed by atoms with Gasteiger partial charge in [0.05, 0.1) is 24.3 Å². The van der Waals surface area contributed by atoms with Crippen molar-refractivity contribution >= 4 is 68.0 Å². The Morgan fingerprint density at radius 1 is 1.13 bits per heavy atom. The van der Waals surface area contributed by atoms with Crippen molar-refractivity contribution < 1.29 is 17.1 Å². The van der Waals surface area contributed by atoms with Gasteiger partial charge in [0.1, 0.15) is 6.10 Å². The topological polar surface area (TPSA) is 64.6 Å². The zero-order valence-electron chi connectivity index (χ0n) is 22.0. The number of rotatable bonds is 11. The van der Waals surface area contributed by atoms with E-state index in [9.17, 15) is 8.42 Å². The number of hydrogen-bond donors (Lipinski definition) is 1. The lowest BCUT2D eigenvalue weighted by atomic mass is 9.90. The highest BCUT2D eigenvalue weighted by Gasteiger charge is 2.25. The van der Waals surface area contributed by atoms with Crippen LogP contribution in [0, 0.1) is 0 Å². The summed E-state index contributed by atoms with van der Waals surface area (Å²) >= 11 is 8.39. The van der Waals surface area contributed by atoms with Crippen LogP contribution in [0.5, 0.6) is 0 Å². The minimum Gasteiger partial charge on any atom is -0.375 e. The van der Waals surface area contributed by atoms with Gasteiger partial charge in [-0.2, -0.15) is 8.42 Å². The summed E-state index contributed by atoms with van der Waals surface area (Å²) in [7, 11) is -3.67. The second-order valence-corrected chi connectivity index (χ2v) is 13.7. The van der Waals surface area contributed by atoms with Crippen molar-refractivity contribution in [2.45, 2.75) is 44.4 Å². The van der Waals surface area contributed by atoms with E-state index < -0.39 is 21.8 Å². The number of hydrogen-bond acceptors (Lipinski definition) is 5. The van der Waals surface area contributed by atoms with Gasteiger partial charge in [-0.25, -0.2) is 0 Å². The van der Waals surface area contributed by atoms with Gasteiger partial charge in [0.25, 0.3) is 10.1 Å². The first-order valence-corrected chi connectivity index (χ1v) is 18.8. The van der Waals surface area contributed by atoms with Crippen LogP contribution >= 0.6 is 40.1 Å². The Hall–Kier alpha value is -1.74. The monoisotopic (exact) mass is 695 g/mol. The van der Waals surface area contributed by atoms with Crippen LogP contribution in [0.4, 0.5) is 5.69 Å². The van der Waals surface area contributed by atoms with E-state index in [1.165, 1.54) is 0 Å². The van der Waals surface area contributed by atoms with Crippen molar-refractivity contribution in [3.05, 3.63) is 112 Å². The Kier molecular flexibility index (Phi) is 10.3. The van der Waals surface area contributed by atoms with Crippen LogP contribution in [0.1, 0.15) is 54.2 Å². The highest BCUT2D eigenvalue weighted by atomic mass is 127. The summed E-state index contributed by atoms with van der Waals surface area (Å²) in [5, 5.41) is 4.16. The standard InChI is InChI=1S/C30H32ClINO4PS/c1-30(2,37-38-32)27-10-5-4-8-22(27)14-18-29(36-39(3,34)35)24-9-6-7-21(19-24)11-16-26-17-13-23-12-15-25(31)20-28(23)33-26/h4-13,15-17,19-20,26,29,33,38H,14,18H2,1-3H3/b16-11+. The van der Waals surface area contributed by atoms with Crippen molar-refractivity contribution in [3.63, 3.8) is 0 Å². The molecular weight excluding hydrogens is 664 g/mol. The number of benzene rings is 3. The van der Waals surface area contributed by atoms with Crippen molar-refractivity contribution in [1.82, 2.24) is 0 Å². The van der Waals surface area contributed by atoms with Crippen LogP contribution in [0.15, 0.2) is 78.9 Å². The molecule has 0 saturated heterocycles. The lowest BCUT2D eigenvalue weighted by Crippen LogP contribution is -2.20. The van der Waals surface area contributed by atoms with Gasteiger partial charge in [-0.1, -0.05) is 84.4 Å². The Labute approximate surface area is 251 Å². The molecule has 1 aliphatic heterocycles. The molecule has 0 fully saturated rings. The molecule has 0 amide bonds. The molecule has 3 atom stereocenters. The van der Waals surface area contributed by atoms with Crippen molar-refractivity contribution in [1.29, 1.82) is 0 Å². The predicted molar refractivity (Wildman–Crippen MR) is 173 cm³/mol. The Bertz CT molecular complexity index is 1480. The van der Waals surface area contributed by atoms with E-state index in [-0.39, 0.29) is 6.04 Å². The van der Waals surface area contributed by atoms with Gasteiger partial charge in [0.15, 0.2) is 0 Å². The van der Waals surface area contributed by atoms with Gasteiger partial charge in [0, 0.05) is 10.7 Å². The summed E-state index contributed by atoms with van der Waals surface area (Å²) in [4.78, 5) is 0. The molecule has 0 saturated carbocycles. The van der Waals surface area contributed by atoms with Gasteiger partial charge in [0.2, 0.25) is 0 Å². The normalized spacial score (nSPS) is 16.5. The molecule has 3 aromatic rings. The zero-order valence-corrected chi connectivity index (χ0v) is 26.8. The number of fused-ring (bicyclic) bond motifs is 1. The Morgan fingerprint density at radius 3 is 2.69 bits per heavy atom. The fraction of sp³-hybridized carbons (Fsp3) is 0.267. The van der Waals surface area contributed by atoms with Crippen LogP contribution in [0.2, 0.25) is 5.02 Å². The molecular formula is C30H32ClINO4PS. The van der Waals surface area contributed by atoms with E-state index in [4.69, 9.17) is 20.3 Å². The Balaban J connectivity index is 1.53. The van der Waals surface area contributed by atoms with Crippen molar-refractivity contribution in [3.8, 4) is 0 Å². The summed E-state index contributed by atoms with van der Waals surface area (Å²) in [6.07, 6.45) is 9.90. The van der Waals surface area contributed by atoms with E-state index in [0.717, 1.165) is 39.8 Å². The smallest absolute Gasteiger partial charge is 0.264 e. The number of nitrogens with one attached hydrogen (secondary N) is 1. The third-order valence-electron chi connectivity index (χ3n) is 6.53. The number of halogens is 2. The summed E-state index contributed by atoms with van der Waals surface area (Å²) in [6, 6.07) is 21.8. The molecule has 4 rings (SSSR count). The summed E-state index contributed by atoms with van der Waals surface area (Å²) in [6.45, 7) is 4.45. The molecule has 3 aromatic carbocycles. The first-order chi connectivity index (χ1) is 18.5. The molecule has 0 spiro atoms. The van der Waals surface area contributed by atoms with Crippen LogP contribution < -0.4 is 5.32 Å². The molecule has 0 radical (unpaired) electrons. The Morgan fingerprint density at radius 2 is 1.92 bits per heavy atom. The minimum absolute atomic E-state index is 0.00733. The third kappa shape index (κ3) is 8.62. The summed E-state index contributed by atoms with van der Waals surface area (Å²) in [5.74, 6) is 0. The minimum atomic E-state index is -3.67. The van der Waals surface area contributed by atoms with E-state index in [2.05, 4.69) is 71.6 Å². The highest BCUT2D eigenvalue weighted by molar-refractivity contribution is 14.2. The maximum atomic E-state index is 12.2. The van der Waals surface area contributed by atoms with Crippen LogP contribution in [-0.2, 0) is 30.8 Å². The van der Waals surface area contributed by atoms with Crippen molar-refractivity contribution in [2.75, 3.05) is 11.6 Å². The maximum Gasteiger partial charge on any atom is 0.264 e. The van der Waals surface area contributed by atoms with Crippen LogP contribution in [0.3, 0.4) is 0 Å². The van der Waals surface area contributed by atoms with Crippen LogP contribution in [0.25, 0.3) is 12.2 Å². The van der Waals surface area contributed by atoms with Gasteiger partial charge < -0.3 is 9.84 Å². The van der Waals surface area contributed by atoms with Gasteiger partial charge in [-0.05, 0) is 94.7 Å². The molecule has 0 aromatic heterocycles. The summed E-state index contributed by atoms with van der Waals surface area (Å²) < 4.78 is 36.0. The maximum absolute atomic E-state index is 12.2. The molecule has 0 aliphatic carbocycles. The quantitative estimate of drug-likeness (QED) is 0.124. The molecule has 1 aliphatic rings. The molecule has 1 N–H and O–H groups in total. The SMILES string of the molecule is CC(C)(OPI)c1ccccc1CCC(OS(C)(=O)=O)c1cccc(/C=C/C2C=Cc3ccc(Cl)cc3N2)c1. The van der Waals surface area contributed by atoms with Crippen LogP contribution in [-0.4, -0.2) is 20.7 Å². The number of aryl methyl sites for hydroxylation is 1. The molecule has 1 heterocycles. The zero-order chi connectivity index (χ0) is 28.0.